The molecule has 0 unspecified atom stereocenters. The van der Waals surface area contributed by atoms with Gasteiger partial charge in [-0.1, -0.05) is 23.7 Å². The van der Waals surface area contributed by atoms with E-state index in [1.54, 1.807) is 11.3 Å². The van der Waals surface area contributed by atoms with Crippen molar-refractivity contribution in [3.63, 3.8) is 0 Å². The Morgan fingerprint density at radius 1 is 1.33 bits per heavy atom. The number of rotatable bonds is 4. The number of thiophene rings is 1. The van der Waals surface area contributed by atoms with Crippen LogP contribution >= 0.6 is 22.9 Å². The molecule has 1 N–H and O–H groups in total. The Labute approximate surface area is 116 Å². The SMILES string of the molecule is Cc1cccc(C#N)c1NCCc1ccc(Cl)s1. The molecule has 92 valence electrons. The predicted octanol–water partition coefficient (Wildman–Crippen LogP) is 4.24. The van der Waals surface area contributed by atoms with Crippen LogP contribution in [0.4, 0.5) is 5.69 Å². The van der Waals surface area contributed by atoms with Crippen LogP contribution in [0.5, 0.6) is 0 Å². The van der Waals surface area contributed by atoms with Gasteiger partial charge in [0.1, 0.15) is 6.07 Å². The van der Waals surface area contributed by atoms with Gasteiger partial charge < -0.3 is 5.32 Å². The summed E-state index contributed by atoms with van der Waals surface area (Å²) in [5.74, 6) is 0. The third-order valence-electron chi connectivity index (χ3n) is 2.70. The van der Waals surface area contributed by atoms with Crippen LogP contribution < -0.4 is 5.32 Å². The third kappa shape index (κ3) is 3.04. The lowest BCUT2D eigenvalue weighted by atomic mass is 10.1. The monoisotopic (exact) mass is 276 g/mol. The Bertz CT molecular complexity index is 584. The largest absolute Gasteiger partial charge is 0.383 e. The number of anilines is 1. The Kier molecular flexibility index (Phi) is 4.24. The van der Waals surface area contributed by atoms with Crippen LogP contribution in [-0.2, 0) is 6.42 Å². The van der Waals surface area contributed by atoms with Gasteiger partial charge in [0.15, 0.2) is 0 Å². The van der Waals surface area contributed by atoms with E-state index in [1.165, 1.54) is 4.88 Å². The van der Waals surface area contributed by atoms with Crippen molar-refractivity contribution in [1.82, 2.24) is 0 Å². The first kappa shape index (κ1) is 12.9. The highest BCUT2D eigenvalue weighted by Gasteiger charge is 2.04. The molecule has 0 aliphatic heterocycles. The lowest BCUT2D eigenvalue weighted by molar-refractivity contribution is 1.04. The molecular formula is C14H13ClN2S. The van der Waals surface area contributed by atoms with E-state index in [1.807, 2.05) is 37.3 Å². The molecule has 18 heavy (non-hydrogen) atoms. The fourth-order valence-corrected chi connectivity index (χ4v) is 2.88. The van der Waals surface area contributed by atoms with Gasteiger partial charge in [0.25, 0.3) is 0 Å². The van der Waals surface area contributed by atoms with Crippen LogP contribution in [0.25, 0.3) is 0 Å². The van der Waals surface area contributed by atoms with Crippen molar-refractivity contribution in [1.29, 1.82) is 5.26 Å². The van der Waals surface area contributed by atoms with Crippen molar-refractivity contribution in [2.75, 3.05) is 11.9 Å². The molecule has 0 saturated carbocycles. The number of nitrogens with zero attached hydrogens (tertiary/aromatic N) is 1. The van der Waals surface area contributed by atoms with Gasteiger partial charge in [-0.3, -0.25) is 0 Å². The zero-order valence-electron chi connectivity index (χ0n) is 10.0. The normalized spacial score (nSPS) is 10.1. The quantitative estimate of drug-likeness (QED) is 0.907. The second kappa shape index (κ2) is 5.90. The minimum Gasteiger partial charge on any atom is -0.383 e. The number of hydrogen-bond donors (Lipinski definition) is 1. The number of benzene rings is 1. The highest BCUT2D eigenvalue weighted by atomic mass is 35.5. The number of halogens is 1. The topological polar surface area (TPSA) is 35.8 Å². The van der Waals surface area contributed by atoms with Gasteiger partial charge in [0.2, 0.25) is 0 Å². The van der Waals surface area contributed by atoms with E-state index in [0.29, 0.717) is 5.56 Å². The minimum absolute atomic E-state index is 0.694. The fraction of sp³-hybridized carbons (Fsp3) is 0.214. The first-order valence-corrected chi connectivity index (χ1v) is 6.88. The molecule has 4 heteroatoms. The zero-order valence-corrected chi connectivity index (χ0v) is 11.6. The van der Waals surface area contributed by atoms with E-state index < -0.39 is 0 Å². The van der Waals surface area contributed by atoms with Gasteiger partial charge >= 0.3 is 0 Å². The molecule has 1 heterocycles. The summed E-state index contributed by atoms with van der Waals surface area (Å²) in [5.41, 5.74) is 2.72. The van der Waals surface area contributed by atoms with Crippen LogP contribution in [-0.4, -0.2) is 6.54 Å². The predicted molar refractivity (Wildman–Crippen MR) is 77.4 cm³/mol. The molecule has 1 aromatic carbocycles. The molecular weight excluding hydrogens is 264 g/mol. The second-order valence-electron chi connectivity index (χ2n) is 3.99. The van der Waals surface area contributed by atoms with Gasteiger partial charge in [-0.25, -0.2) is 0 Å². The van der Waals surface area contributed by atoms with Crippen LogP contribution in [0.1, 0.15) is 16.0 Å². The first-order chi connectivity index (χ1) is 8.70. The maximum Gasteiger partial charge on any atom is 0.101 e. The Morgan fingerprint density at radius 2 is 2.17 bits per heavy atom. The van der Waals surface area contributed by atoms with Crippen molar-refractivity contribution in [3.8, 4) is 6.07 Å². The van der Waals surface area contributed by atoms with Gasteiger partial charge in [0.05, 0.1) is 15.6 Å². The van der Waals surface area contributed by atoms with E-state index in [0.717, 1.165) is 28.6 Å². The molecule has 0 atom stereocenters. The van der Waals surface area contributed by atoms with Crippen molar-refractivity contribution >= 4 is 28.6 Å². The Hall–Kier alpha value is -1.50. The molecule has 2 nitrogen and oxygen atoms in total. The summed E-state index contributed by atoms with van der Waals surface area (Å²) in [6.07, 6.45) is 0.913. The van der Waals surface area contributed by atoms with Crippen molar-refractivity contribution in [3.05, 3.63) is 50.7 Å². The van der Waals surface area contributed by atoms with Gasteiger partial charge in [-0.05, 0) is 37.1 Å². The van der Waals surface area contributed by atoms with Gasteiger partial charge in [-0.2, -0.15) is 5.26 Å². The summed E-state index contributed by atoms with van der Waals surface area (Å²) in [7, 11) is 0. The number of para-hydroxylation sites is 1. The molecule has 0 saturated heterocycles. The van der Waals surface area contributed by atoms with Crippen LogP contribution in [0.3, 0.4) is 0 Å². The summed E-state index contributed by atoms with van der Waals surface area (Å²) in [5, 5.41) is 12.4. The van der Waals surface area contributed by atoms with E-state index in [9.17, 15) is 0 Å². The molecule has 0 aliphatic rings. The van der Waals surface area contributed by atoms with Crippen LogP contribution in [0.2, 0.25) is 4.34 Å². The van der Waals surface area contributed by atoms with Crippen LogP contribution in [0, 0.1) is 18.3 Å². The molecule has 0 radical (unpaired) electrons. The van der Waals surface area contributed by atoms with E-state index in [2.05, 4.69) is 11.4 Å². The zero-order chi connectivity index (χ0) is 13.0. The standard InChI is InChI=1S/C14H13ClN2S/c1-10-3-2-4-11(9-16)14(10)17-8-7-12-5-6-13(15)18-12/h2-6,17H,7-8H2,1H3. The molecule has 0 fully saturated rings. The highest BCUT2D eigenvalue weighted by molar-refractivity contribution is 7.16. The Balaban J connectivity index is 2.00. The minimum atomic E-state index is 0.694. The lowest BCUT2D eigenvalue weighted by Gasteiger charge is -2.10. The Morgan fingerprint density at radius 3 is 2.83 bits per heavy atom. The summed E-state index contributed by atoms with van der Waals surface area (Å²) in [6, 6.07) is 11.9. The summed E-state index contributed by atoms with van der Waals surface area (Å²) in [6.45, 7) is 2.81. The maximum atomic E-state index is 9.06. The van der Waals surface area contributed by atoms with E-state index >= 15 is 0 Å². The third-order valence-corrected chi connectivity index (χ3v) is 3.99. The molecule has 2 aromatic rings. The molecule has 0 aliphatic carbocycles. The maximum absolute atomic E-state index is 9.06. The number of aryl methyl sites for hydroxylation is 1. The van der Waals surface area contributed by atoms with Crippen molar-refractivity contribution in [2.24, 2.45) is 0 Å². The van der Waals surface area contributed by atoms with Gasteiger partial charge in [-0.15, -0.1) is 11.3 Å². The van der Waals surface area contributed by atoms with Crippen LogP contribution in [0.15, 0.2) is 30.3 Å². The fourth-order valence-electron chi connectivity index (χ4n) is 1.79. The number of nitriles is 1. The first-order valence-electron chi connectivity index (χ1n) is 5.68. The summed E-state index contributed by atoms with van der Waals surface area (Å²) < 4.78 is 0.818. The van der Waals surface area contributed by atoms with Crippen molar-refractivity contribution < 1.29 is 0 Å². The van der Waals surface area contributed by atoms with Crippen molar-refractivity contribution in [2.45, 2.75) is 13.3 Å². The smallest absolute Gasteiger partial charge is 0.101 e. The molecule has 0 bridgehead atoms. The molecule has 0 amide bonds. The number of nitrogens with one attached hydrogen (secondary N) is 1. The molecule has 1 aromatic heterocycles. The average molecular weight is 277 g/mol. The summed E-state index contributed by atoms with van der Waals surface area (Å²) >= 11 is 7.48. The number of hydrogen-bond acceptors (Lipinski definition) is 3. The molecule has 0 spiro atoms. The average Bonchev–Trinajstić information content (AvgIpc) is 2.77. The second-order valence-corrected chi connectivity index (χ2v) is 5.79. The van der Waals surface area contributed by atoms with Gasteiger partial charge in [0, 0.05) is 11.4 Å². The molecule has 2 rings (SSSR count). The lowest BCUT2D eigenvalue weighted by Crippen LogP contribution is -2.06. The van der Waals surface area contributed by atoms with E-state index in [4.69, 9.17) is 16.9 Å². The summed E-state index contributed by atoms with van der Waals surface area (Å²) in [4.78, 5) is 1.25. The highest BCUT2D eigenvalue weighted by Crippen LogP contribution is 2.23. The van der Waals surface area contributed by atoms with E-state index in [-0.39, 0.29) is 0 Å².